The summed E-state index contributed by atoms with van der Waals surface area (Å²) in [7, 11) is 0. The lowest BCUT2D eigenvalue weighted by Gasteiger charge is -1.99. The number of H-pyrrole nitrogens is 1. The second kappa shape index (κ2) is 6.30. The average molecular weight is 306 g/mol. The number of hydrogen-bond acceptors (Lipinski definition) is 2. The normalized spacial score (nSPS) is 10.7. The van der Waals surface area contributed by atoms with E-state index >= 15 is 0 Å². The van der Waals surface area contributed by atoms with Gasteiger partial charge in [0.1, 0.15) is 6.07 Å². The minimum atomic E-state index is 0.580. The van der Waals surface area contributed by atoms with Crippen molar-refractivity contribution >= 4 is 23.5 Å². The topological polar surface area (TPSA) is 51.9 Å². The Morgan fingerprint density at radius 2 is 1.77 bits per heavy atom. The van der Waals surface area contributed by atoms with Crippen molar-refractivity contribution in [1.82, 2.24) is 4.98 Å². The van der Waals surface area contributed by atoms with Crippen molar-refractivity contribution in [2.24, 2.45) is 4.99 Å². The Hall–Kier alpha value is -2.83. The van der Waals surface area contributed by atoms with Crippen LogP contribution in [0.2, 0.25) is 5.02 Å². The van der Waals surface area contributed by atoms with Crippen LogP contribution >= 0.6 is 11.6 Å². The van der Waals surface area contributed by atoms with E-state index in [9.17, 15) is 5.26 Å². The van der Waals surface area contributed by atoms with Gasteiger partial charge in [0.25, 0.3) is 0 Å². The fourth-order valence-corrected chi connectivity index (χ4v) is 2.26. The van der Waals surface area contributed by atoms with Crippen LogP contribution in [0.15, 0.2) is 65.7 Å². The van der Waals surface area contributed by atoms with Gasteiger partial charge in [-0.2, -0.15) is 5.26 Å². The minimum Gasteiger partial charge on any atom is -0.353 e. The van der Waals surface area contributed by atoms with Gasteiger partial charge in [0.05, 0.1) is 28.9 Å². The van der Waals surface area contributed by atoms with E-state index in [1.807, 2.05) is 42.5 Å². The molecule has 0 unspecified atom stereocenters. The van der Waals surface area contributed by atoms with Gasteiger partial charge in [-0.25, -0.2) is 0 Å². The zero-order chi connectivity index (χ0) is 15.4. The molecule has 0 amide bonds. The quantitative estimate of drug-likeness (QED) is 0.683. The number of aromatic amines is 1. The molecule has 3 rings (SSSR count). The Balaban J connectivity index is 1.94. The van der Waals surface area contributed by atoms with Crippen LogP contribution in [0, 0.1) is 11.3 Å². The maximum atomic E-state index is 9.29. The van der Waals surface area contributed by atoms with Crippen molar-refractivity contribution in [3.63, 3.8) is 0 Å². The zero-order valence-electron chi connectivity index (χ0n) is 11.6. The molecule has 0 aliphatic rings. The summed E-state index contributed by atoms with van der Waals surface area (Å²) in [5, 5.41) is 9.96. The summed E-state index contributed by atoms with van der Waals surface area (Å²) in [6.45, 7) is 0. The van der Waals surface area contributed by atoms with Crippen molar-refractivity contribution in [2.45, 2.75) is 0 Å². The molecule has 2 aromatic carbocycles. The first-order valence-corrected chi connectivity index (χ1v) is 7.12. The van der Waals surface area contributed by atoms with Crippen LogP contribution in [0.1, 0.15) is 11.3 Å². The highest BCUT2D eigenvalue weighted by Crippen LogP contribution is 2.24. The van der Waals surface area contributed by atoms with Gasteiger partial charge in [-0.15, -0.1) is 0 Å². The van der Waals surface area contributed by atoms with E-state index in [4.69, 9.17) is 11.6 Å². The van der Waals surface area contributed by atoms with Gasteiger partial charge in [0.2, 0.25) is 0 Å². The molecule has 106 valence electrons. The van der Waals surface area contributed by atoms with E-state index in [2.05, 4.69) is 16.0 Å². The summed E-state index contributed by atoms with van der Waals surface area (Å²) in [6, 6.07) is 21.0. The molecule has 4 heteroatoms. The lowest BCUT2D eigenvalue weighted by Crippen LogP contribution is -1.83. The SMILES string of the molecule is N#Cc1cc(C=Nc2ccccc2)[nH]c1-c1ccc(Cl)cc1. The Kier molecular flexibility index (Phi) is 4.04. The summed E-state index contributed by atoms with van der Waals surface area (Å²) >= 11 is 5.90. The smallest absolute Gasteiger partial charge is 0.101 e. The molecule has 3 nitrogen and oxygen atoms in total. The molecule has 0 atom stereocenters. The third kappa shape index (κ3) is 3.08. The molecule has 1 aromatic heterocycles. The number of hydrogen-bond donors (Lipinski definition) is 1. The summed E-state index contributed by atoms with van der Waals surface area (Å²) in [5.74, 6) is 0. The van der Waals surface area contributed by atoms with Gasteiger partial charge in [-0.1, -0.05) is 41.9 Å². The number of nitrogens with zero attached hydrogens (tertiary/aromatic N) is 2. The molecule has 1 N–H and O–H groups in total. The average Bonchev–Trinajstić information content (AvgIpc) is 2.98. The number of para-hydroxylation sites is 1. The van der Waals surface area contributed by atoms with Crippen LogP contribution in [0.5, 0.6) is 0 Å². The molecular formula is C18H12ClN3. The Morgan fingerprint density at radius 1 is 1.05 bits per heavy atom. The minimum absolute atomic E-state index is 0.580. The third-order valence-electron chi connectivity index (χ3n) is 3.20. The second-order valence-electron chi connectivity index (χ2n) is 4.73. The van der Waals surface area contributed by atoms with Gasteiger partial charge in [-0.05, 0) is 35.9 Å². The summed E-state index contributed by atoms with van der Waals surface area (Å²) in [5.41, 5.74) is 3.92. The highest BCUT2D eigenvalue weighted by Gasteiger charge is 2.09. The monoisotopic (exact) mass is 305 g/mol. The zero-order valence-corrected chi connectivity index (χ0v) is 12.4. The molecule has 0 radical (unpaired) electrons. The number of benzene rings is 2. The van der Waals surface area contributed by atoms with Crippen molar-refractivity contribution in [3.8, 4) is 17.3 Å². The van der Waals surface area contributed by atoms with Gasteiger partial charge in [0, 0.05) is 5.02 Å². The van der Waals surface area contributed by atoms with E-state index in [0.717, 1.165) is 22.6 Å². The standard InChI is InChI=1S/C18H12ClN3/c19-15-8-6-13(7-9-15)18-14(11-20)10-17(22-18)12-21-16-4-2-1-3-5-16/h1-10,12,22H. The molecule has 22 heavy (non-hydrogen) atoms. The molecule has 0 saturated heterocycles. The van der Waals surface area contributed by atoms with Gasteiger partial charge < -0.3 is 4.98 Å². The molecular weight excluding hydrogens is 294 g/mol. The van der Waals surface area contributed by atoms with E-state index in [1.54, 1.807) is 24.4 Å². The van der Waals surface area contributed by atoms with Crippen molar-refractivity contribution in [3.05, 3.63) is 76.9 Å². The highest BCUT2D eigenvalue weighted by atomic mass is 35.5. The van der Waals surface area contributed by atoms with Gasteiger partial charge in [-0.3, -0.25) is 4.99 Å². The van der Waals surface area contributed by atoms with E-state index < -0.39 is 0 Å². The second-order valence-corrected chi connectivity index (χ2v) is 5.16. The highest BCUT2D eigenvalue weighted by molar-refractivity contribution is 6.30. The van der Waals surface area contributed by atoms with E-state index in [0.29, 0.717) is 10.6 Å². The number of halogens is 1. The van der Waals surface area contributed by atoms with Crippen LogP contribution < -0.4 is 0 Å². The number of nitrogens with one attached hydrogen (secondary N) is 1. The van der Waals surface area contributed by atoms with Crippen LogP contribution in [0.3, 0.4) is 0 Å². The third-order valence-corrected chi connectivity index (χ3v) is 3.45. The van der Waals surface area contributed by atoms with Crippen LogP contribution in [0.25, 0.3) is 11.3 Å². The van der Waals surface area contributed by atoms with Crippen LogP contribution in [0.4, 0.5) is 5.69 Å². The van der Waals surface area contributed by atoms with E-state index in [-0.39, 0.29) is 0 Å². The number of aromatic nitrogens is 1. The Labute approximate surface area is 133 Å². The predicted molar refractivity (Wildman–Crippen MR) is 89.6 cm³/mol. The molecule has 0 aliphatic carbocycles. The lowest BCUT2D eigenvalue weighted by atomic mass is 10.1. The van der Waals surface area contributed by atoms with E-state index in [1.165, 1.54) is 0 Å². The summed E-state index contributed by atoms with van der Waals surface area (Å²) < 4.78 is 0. The maximum absolute atomic E-state index is 9.29. The first-order valence-electron chi connectivity index (χ1n) is 6.74. The Morgan fingerprint density at radius 3 is 2.45 bits per heavy atom. The number of aliphatic imine (C=N–C) groups is 1. The first-order chi connectivity index (χ1) is 10.8. The molecule has 0 saturated carbocycles. The predicted octanol–water partition coefficient (Wildman–Crippen LogP) is 4.96. The molecule has 0 aliphatic heterocycles. The fourth-order valence-electron chi connectivity index (χ4n) is 2.14. The molecule has 0 spiro atoms. The lowest BCUT2D eigenvalue weighted by molar-refractivity contribution is 1.36. The Bertz CT molecular complexity index is 840. The summed E-state index contributed by atoms with van der Waals surface area (Å²) in [4.78, 5) is 7.61. The number of rotatable bonds is 3. The fraction of sp³-hybridized carbons (Fsp3) is 0. The van der Waals surface area contributed by atoms with Crippen molar-refractivity contribution in [1.29, 1.82) is 5.26 Å². The van der Waals surface area contributed by atoms with Crippen molar-refractivity contribution in [2.75, 3.05) is 0 Å². The first kappa shape index (κ1) is 14.1. The maximum Gasteiger partial charge on any atom is 0.101 e. The molecule has 0 fully saturated rings. The molecule has 1 heterocycles. The van der Waals surface area contributed by atoms with Crippen LogP contribution in [-0.2, 0) is 0 Å². The van der Waals surface area contributed by atoms with Gasteiger partial charge in [0.15, 0.2) is 0 Å². The molecule has 0 bridgehead atoms. The number of nitriles is 1. The van der Waals surface area contributed by atoms with Gasteiger partial charge >= 0.3 is 0 Å². The van der Waals surface area contributed by atoms with Crippen LogP contribution in [-0.4, -0.2) is 11.2 Å². The van der Waals surface area contributed by atoms with Crippen molar-refractivity contribution < 1.29 is 0 Å². The largest absolute Gasteiger partial charge is 0.353 e. The molecule has 3 aromatic rings. The summed E-state index contributed by atoms with van der Waals surface area (Å²) in [6.07, 6.45) is 1.72.